The van der Waals surface area contributed by atoms with Crippen LogP contribution < -0.4 is 0 Å². The van der Waals surface area contributed by atoms with Gasteiger partial charge >= 0.3 is 5.97 Å². The molecule has 0 unspecified atom stereocenters. The molecule has 1 fully saturated rings. The van der Waals surface area contributed by atoms with Crippen molar-refractivity contribution in [3.8, 4) is 10.6 Å². The molecule has 4 rings (SSSR count). The average Bonchev–Trinajstić information content (AvgIpc) is 3.43. The molecular weight excluding hydrogens is 467 g/mol. The summed E-state index contributed by atoms with van der Waals surface area (Å²) in [5, 5.41) is 2.03. The summed E-state index contributed by atoms with van der Waals surface area (Å²) >= 11 is 1.20. The molecule has 33 heavy (non-hydrogen) atoms. The maximum Gasteiger partial charge on any atom is 0.358 e. The van der Waals surface area contributed by atoms with Crippen LogP contribution >= 0.6 is 11.3 Å². The molecule has 1 aliphatic rings. The summed E-state index contributed by atoms with van der Waals surface area (Å²) in [4.78, 5) is 31.1. The van der Waals surface area contributed by atoms with Crippen LogP contribution in [0.4, 0.5) is 4.39 Å². The fourth-order valence-corrected chi connectivity index (χ4v) is 6.13. The van der Waals surface area contributed by atoms with Crippen molar-refractivity contribution in [1.29, 1.82) is 0 Å². The van der Waals surface area contributed by atoms with E-state index in [1.54, 1.807) is 12.1 Å². The highest BCUT2D eigenvalue weighted by Crippen LogP contribution is 2.24. The first-order valence-corrected chi connectivity index (χ1v) is 12.9. The number of halogens is 1. The lowest BCUT2D eigenvalue weighted by Crippen LogP contribution is -2.42. The molecule has 1 amide bonds. The van der Waals surface area contributed by atoms with Gasteiger partial charge < -0.3 is 9.64 Å². The fraction of sp³-hybridized carbons (Fsp3) is 0.261. The van der Waals surface area contributed by atoms with Crippen LogP contribution in [-0.2, 0) is 25.9 Å². The molecule has 2 heterocycles. The standard InChI is InChI=1S/C23H21FN2O5S2/c24-18-8-6-17(7-9-18)22-25-20(14-32-22)23(28)31-13-21(27)26(12-16-4-2-1-3-5-16)19-10-11-33(29,30)15-19/h1-9,14,19H,10-13,15H2/t19-/m1/s1. The molecule has 0 N–H and O–H groups in total. The summed E-state index contributed by atoms with van der Waals surface area (Å²) in [5.41, 5.74) is 1.56. The third kappa shape index (κ3) is 5.82. The topological polar surface area (TPSA) is 93.6 Å². The summed E-state index contributed by atoms with van der Waals surface area (Å²) in [6, 6.07) is 14.5. The number of nitrogens with zero attached hydrogens (tertiary/aromatic N) is 2. The first-order chi connectivity index (χ1) is 15.8. The van der Waals surface area contributed by atoms with Gasteiger partial charge in [-0.25, -0.2) is 22.6 Å². The van der Waals surface area contributed by atoms with Crippen molar-refractivity contribution in [3.05, 3.63) is 77.1 Å². The Balaban J connectivity index is 1.42. The molecule has 7 nitrogen and oxygen atoms in total. The molecule has 0 aliphatic carbocycles. The van der Waals surface area contributed by atoms with Gasteiger partial charge in [0.2, 0.25) is 0 Å². The number of carbonyl (C=O) groups excluding carboxylic acids is 2. The van der Waals surface area contributed by atoms with E-state index in [4.69, 9.17) is 4.74 Å². The van der Waals surface area contributed by atoms with Crippen LogP contribution in [-0.4, -0.2) is 54.3 Å². The number of hydrogen-bond donors (Lipinski definition) is 0. The number of ether oxygens (including phenoxy) is 1. The highest BCUT2D eigenvalue weighted by molar-refractivity contribution is 7.91. The fourth-order valence-electron chi connectivity index (χ4n) is 3.60. The first-order valence-electron chi connectivity index (χ1n) is 10.2. The van der Waals surface area contributed by atoms with Gasteiger partial charge in [0.05, 0.1) is 11.5 Å². The maximum absolute atomic E-state index is 13.1. The monoisotopic (exact) mass is 488 g/mol. The van der Waals surface area contributed by atoms with E-state index in [0.29, 0.717) is 17.0 Å². The van der Waals surface area contributed by atoms with Crippen LogP contribution in [0.25, 0.3) is 10.6 Å². The molecular formula is C23H21FN2O5S2. The third-order valence-electron chi connectivity index (χ3n) is 5.30. The number of aromatic nitrogens is 1. The number of esters is 1. The van der Waals surface area contributed by atoms with Crippen LogP contribution in [0.5, 0.6) is 0 Å². The number of rotatable bonds is 7. The molecule has 1 aliphatic heterocycles. The molecule has 0 bridgehead atoms. The van der Waals surface area contributed by atoms with Gasteiger partial charge in [0.1, 0.15) is 10.8 Å². The molecule has 1 aromatic heterocycles. The summed E-state index contributed by atoms with van der Waals surface area (Å²) in [7, 11) is -3.20. The average molecular weight is 489 g/mol. The molecule has 0 spiro atoms. The second-order valence-corrected chi connectivity index (χ2v) is 10.8. The first kappa shape index (κ1) is 23.1. The van der Waals surface area contributed by atoms with Gasteiger partial charge in [0.25, 0.3) is 5.91 Å². The Hall–Kier alpha value is -3.11. The Morgan fingerprint density at radius 3 is 2.52 bits per heavy atom. The van der Waals surface area contributed by atoms with Crippen LogP contribution in [0.1, 0.15) is 22.5 Å². The van der Waals surface area contributed by atoms with Gasteiger partial charge in [-0.2, -0.15) is 0 Å². The maximum atomic E-state index is 13.1. The van der Waals surface area contributed by atoms with Crippen molar-refractivity contribution < 1.29 is 27.1 Å². The minimum absolute atomic E-state index is 0.0288. The summed E-state index contributed by atoms with van der Waals surface area (Å²) in [5.74, 6) is -1.67. The highest BCUT2D eigenvalue weighted by Gasteiger charge is 2.35. The van der Waals surface area contributed by atoms with E-state index >= 15 is 0 Å². The Morgan fingerprint density at radius 1 is 1.12 bits per heavy atom. The number of carbonyl (C=O) groups is 2. The lowest BCUT2D eigenvalue weighted by atomic mass is 10.1. The van der Waals surface area contributed by atoms with E-state index in [0.717, 1.165) is 5.56 Å². The van der Waals surface area contributed by atoms with Crippen LogP contribution in [0.2, 0.25) is 0 Å². The van der Waals surface area contributed by atoms with Crippen molar-refractivity contribution in [3.63, 3.8) is 0 Å². The molecule has 2 aromatic carbocycles. The van der Waals surface area contributed by atoms with Gasteiger partial charge in [-0.15, -0.1) is 11.3 Å². The van der Waals surface area contributed by atoms with Crippen molar-refractivity contribution in [2.45, 2.75) is 19.0 Å². The van der Waals surface area contributed by atoms with E-state index in [1.165, 1.54) is 33.7 Å². The smallest absolute Gasteiger partial charge is 0.358 e. The van der Waals surface area contributed by atoms with Crippen molar-refractivity contribution >= 4 is 33.1 Å². The normalized spacial score (nSPS) is 16.9. The second kappa shape index (κ2) is 9.80. The Bertz CT molecular complexity index is 1240. The van der Waals surface area contributed by atoms with Crippen molar-refractivity contribution in [1.82, 2.24) is 9.88 Å². The molecule has 0 saturated carbocycles. The van der Waals surface area contributed by atoms with E-state index in [2.05, 4.69) is 4.98 Å². The van der Waals surface area contributed by atoms with Crippen molar-refractivity contribution in [2.75, 3.05) is 18.1 Å². The van der Waals surface area contributed by atoms with E-state index in [9.17, 15) is 22.4 Å². The van der Waals surface area contributed by atoms with E-state index < -0.39 is 34.4 Å². The Morgan fingerprint density at radius 2 is 1.85 bits per heavy atom. The molecule has 0 radical (unpaired) electrons. The van der Waals surface area contributed by atoms with Gasteiger partial charge in [0, 0.05) is 23.5 Å². The summed E-state index contributed by atoms with van der Waals surface area (Å²) < 4.78 is 42.2. The van der Waals surface area contributed by atoms with Gasteiger partial charge in [0.15, 0.2) is 22.1 Å². The molecule has 10 heteroatoms. The van der Waals surface area contributed by atoms with Crippen LogP contribution in [0, 0.1) is 5.82 Å². The van der Waals surface area contributed by atoms with Crippen molar-refractivity contribution in [2.24, 2.45) is 0 Å². The Kier molecular flexibility index (Phi) is 6.85. The molecule has 3 aromatic rings. The zero-order chi connectivity index (χ0) is 23.4. The zero-order valence-electron chi connectivity index (χ0n) is 17.5. The van der Waals surface area contributed by atoms with E-state index in [1.807, 2.05) is 30.3 Å². The minimum atomic E-state index is -3.20. The number of amides is 1. The SMILES string of the molecule is O=C(OCC(=O)N(Cc1ccccc1)[C@@H]1CCS(=O)(=O)C1)c1csc(-c2ccc(F)cc2)n1. The lowest BCUT2D eigenvalue weighted by molar-refractivity contribution is -0.137. The third-order valence-corrected chi connectivity index (χ3v) is 7.94. The largest absolute Gasteiger partial charge is 0.451 e. The predicted octanol–water partition coefficient (Wildman–Crippen LogP) is 3.32. The zero-order valence-corrected chi connectivity index (χ0v) is 19.1. The van der Waals surface area contributed by atoms with Gasteiger partial charge in [-0.1, -0.05) is 30.3 Å². The predicted molar refractivity (Wildman–Crippen MR) is 122 cm³/mol. The van der Waals surface area contributed by atoms with Crippen LogP contribution in [0.15, 0.2) is 60.0 Å². The lowest BCUT2D eigenvalue weighted by Gasteiger charge is -2.28. The number of hydrogen-bond acceptors (Lipinski definition) is 7. The molecule has 172 valence electrons. The number of benzene rings is 2. The number of thiazole rings is 1. The quantitative estimate of drug-likeness (QED) is 0.474. The summed E-state index contributed by atoms with van der Waals surface area (Å²) in [6.45, 7) is -0.297. The Labute approximate surface area is 194 Å². The van der Waals surface area contributed by atoms with Gasteiger partial charge in [-0.05, 0) is 36.2 Å². The molecule has 1 atom stereocenters. The highest BCUT2D eigenvalue weighted by atomic mass is 32.2. The summed E-state index contributed by atoms with van der Waals surface area (Å²) in [6.07, 6.45) is 0.349. The molecule has 1 saturated heterocycles. The van der Waals surface area contributed by atoms with E-state index in [-0.39, 0.29) is 29.6 Å². The number of sulfone groups is 1. The van der Waals surface area contributed by atoms with Gasteiger partial charge in [-0.3, -0.25) is 4.79 Å². The second-order valence-electron chi connectivity index (χ2n) is 7.69. The minimum Gasteiger partial charge on any atom is -0.451 e. The van der Waals surface area contributed by atoms with Crippen LogP contribution in [0.3, 0.4) is 0 Å².